The number of hydrogen-bond donors (Lipinski definition) is 2. The maximum Gasteiger partial charge on any atom is 0.159 e. The highest BCUT2D eigenvalue weighted by Gasteiger charge is 2.26. The van der Waals surface area contributed by atoms with Crippen LogP contribution < -0.4 is 10.2 Å². The van der Waals surface area contributed by atoms with E-state index in [1.807, 2.05) is 11.9 Å². The summed E-state index contributed by atoms with van der Waals surface area (Å²) in [7, 11) is 1.87. The molecule has 0 saturated carbocycles. The van der Waals surface area contributed by atoms with Gasteiger partial charge >= 0.3 is 0 Å². The maximum atomic E-state index is 16.1. The average molecular weight is 526 g/mol. The number of phenolic OH excluding ortho intramolecular Hbond substituents is 1. The summed E-state index contributed by atoms with van der Waals surface area (Å²) >= 11 is 6.51. The highest BCUT2D eigenvalue weighted by Crippen LogP contribution is 2.42. The van der Waals surface area contributed by atoms with E-state index in [1.54, 1.807) is 24.5 Å². The number of nitrogens with zero attached hydrogens (tertiary/aromatic N) is 6. The monoisotopic (exact) mass is 525 g/mol. The summed E-state index contributed by atoms with van der Waals surface area (Å²) in [4.78, 5) is 21.9. The number of aromatic hydroxyl groups is 1. The molecule has 5 rings (SSSR count). The average Bonchev–Trinajstić information content (AvgIpc) is 2.86. The fourth-order valence-corrected chi connectivity index (χ4v) is 4.89. The van der Waals surface area contributed by atoms with Gasteiger partial charge < -0.3 is 15.3 Å². The van der Waals surface area contributed by atoms with Crippen LogP contribution in [0, 0.1) is 11.6 Å². The zero-order valence-electron chi connectivity index (χ0n) is 20.4. The van der Waals surface area contributed by atoms with Gasteiger partial charge in [0.25, 0.3) is 0 Å². The van der Waals surface area contributed by atoms with Crippen LogP contribution in [0.2, 0.25) is 5.02 Å². The number of rotatable bonds is 6. The fourth-order valence-electron chi connectivity index (χ4n) is 4.60. The van der Waals surface area contributed by atoms with Gasteiger partial charge in [0, 0.05) is 49.0 Å². The Labute approximate surface area is 218 Å². The quantitative estimate of drug-likeness (QED) is 0.388. The number of nitrogens with one attached hydrogen (secondary N) is 1. The predicted octanol–water partition coefficient (Wildman–Crippen LogP) is 4.15. The highest BCUT2D eigenvalue weighted by atomic mass is 35.5. The molecule has 0 amide bonds. The van der Waals surface area contributed by atoms with E-state index in [-0.39, 0.29) is 27.7 Å². The van der Waals surface area contributed by atoms with Crippen molar-refractivity contribution >= 4 is 28.3 Å². The molecule has 0 spiro atoms. The molecule has 0 aliphatic carbocycles. The summed E-state index contributed by atoms with van der Waals surface area (Å²) in [5.74, 6) is -0.427. The third kappa shape index (κ3) is 5.18. The first-order valence-electron chi connectivity index (χ1n) is 11.9. The molecule has 192 valence electrons. The second-order valence-electron chi connectivity index (χ2n) is 9.18. The Morgan fingerprint density at radius 2 is 1.86 bits per heavy atom. The highest BCUT2D eigenvalue weighted by molar-refractivity contribution is 6.34. The van der Waals surface area contributed by atoms with Crippen LogP contribution in [0.1, 0.15) is 18.6 Å². The summed E-state index contributed by atoms with van der Waals surface area (Å²) in [5, 5.41) is 14.1. The third-order valence-corrected chi connectivity index (χ3v) is 6.56. The van der Waals surface area contributed by atoms with Gasteiger partial charge in [-0.15, -0.1) is 0 Å². The largest absolute Gasteiger partial charge is 0.507 e. The lowest BCUT2D eigenvalue weighted by Crippen LogP contribution is -2.49. The van der Waals surface area contributed by atoms with Gasteiger partial charge in [-0.05, 0) is 38.2 Å². The van der Waals surface area contributed by atoms with Gasteiger partial charge in [-0.3, -0.25) is 4.90 Å². The molecule has 37 heavy (non-hydrogen) atoms. The fraction of sp³-hybridized carbons (Fsp3) is 0.308. The lowest BCUT2D eigenvalue weighted by molar-refractivity contribution is 0.302. The Hall–Kier alpha value is -3.47. The Kier molecular flexibility index (Phi) is 7.14. The predicted molar refractivity (Wildman–Crippen MR) is 138 cm³/mol. The van der Waals surface area contributed by atoms with Crippen molar-refractivity contribution in [1.29, 1.82) is 0 Å². The van der Waals surface area contributed by atoms with E-state index in [4.69, 9.17) is 16.6 Å². The summed E-state index contributed by atoms with van der Waals surface area (Å²) in [6.07, 6.45) is 3.34. The summed E-state index contributed by atoms with van der Waals surface area (Å²) in [6.45, 7) is 4.87. The van der Waals surface area contributed by atoms with Gasteiger partial charge in [-0.1, -0.05) is 17.7 Å². The minimum atomic E-state index is -0.815. The molecule has 1 saturated heterocycles. The van der Waals surface area contributed by atoms with Crippen LogP contribution in [0.25, 0.3) is 22.0 Å². The first-order valence-corrected chi connectivity index (χ1v) is 12.3. The molecule has 1 aliphatic rings. The molecule has 11 heteroatoms. The zero-order chi connectivity index (χ0) is 26.1. The second-order valence-corrected chi connectivity index (χ2v) is 9.59. The normalized spacial score (nSPS) is 16.1. The van der Waals surface area contributed by atoms with E-state index in [0.717, 1.165) is 12.6 Å². The molecule has 1 aliphatic heterocycles. The molecule has 1 atom stereocenters. The first kappa shape index (κ1) is 25.2. The van der Waals surface area contributed by atoms with Crippen molar-refractivity contribution in [2.75, 3.05) is 31.6 Å². The first-order chi connectivity index (χ1) is 17.8. The molecule has 0 radical (unpaired) electrons. The Balaban J connectivity index is 1.64. The second kappa shape index (κ2) is 10.5. The molecule has 2 aromatic carbocycles. The standard InChI is InChI=1S/C26H26ClF2N7O/c1-15-12-36(10-9-30-15)26-16-11-17(27)22(23-18(28)5-3-6-19(23)37)24(29)25(16)33-21(34-26)14-35(2)13-20-31-7-4-8-32-20/h3-8,11,15,30,37H,9-10,12-14H2,1-2H3. The van der Waals surface area contributed by atoms with Crippen LogP contribution in [0.4, 0.5) is 14.6 Å². The van der Waals surface area contributed by atoms with E-state index in [1.165, 1.54) is 12.1 Å². The van der Waals surface area contributed by atoms with Crippen LogP contribution >= 0.6 is 11.6 Å². The number of hydrogen-bond acceptors (Lipinski definition) is 8. The number of aromatic nitrogens is 4. The van der Waals surface area contributed by atoms with E-state index in [0.29, 0.717) is 49.0 Å². The van der Waals surface area contributed by atoms with Crippen LogP contribution in [0.3, 0.4) is 0 Å². The maximum absolute atomic E-state index is 16.1. The lowest BCUT2D eigenvalue weighted by Gasteiger charge is -2.33. The van der Waals surface area contributed by atoms with Crippen LogP contribution in [0.5, 0.6) is 5.75 Å². The van der Waals surface area contributed by atoms with Crippen LogP contribution in [-0.2, 0) is 13.1 Å². The van der Waals surface area contributed by atoms with Crippen molar-refractivity contribution in [3.8, 4) is 16.9 Å². The molecule has 0 bridgehead atoms. The van der Waals surface area contributed by atoms with Crippen molar-refractivity contribution in [2.45, 2.75) is 26.1 Å². The third-order valence-electron chi connectivity index (χ3n) is 6.26. The molecular formula is C26H26ClF2N7O. The summed E-state index contributed by atoms with van der Waals surface area (Å²) in [5.41, 5.74) is -0.527. The van der Waals surface area contributed by atoms with Gasteiger partial charge in [-0.2, -0.15) is 0 Å². The van der Waals surface area contributed by atoms with E-state index >= 15 is 4.39 Å². The van der Waals surface area contributed by atoms with Crippen LogP contribution in [0.15, 0.2) is 42.7 Å². The Morgan fingerprint density at radius 1 is 1.11 bits per heavy atom. The molecule has 4 aromatic rings. The van der Waals surface area contributed by atoms with Crippen molar-refractivity contribution in [1.82, 2.24) is 30.2 Å². The minimum absolute atomic E-state index is 0.0117. The SMILES string of the molecule is CC1CN(c2nc(CN(C)Cc3ncccn3)nc3c(F)c(-c4c(O)cccc4F)c(Cl)cc23)CCN1. The lowest BCUT2D eigenvalue weighted by atomic mass is 10.0. The van der Waals surface area contributed by atoms with Gasteiger partial charge in [0.05, 0.1) is 23.7 Å². The number of halogens is 3. The summed E-state index contributed by atoms with van der Waals surface area (Å²) < 4.78 is 30.9. The van der Waals surface area contributed by atoms with Crippen molar-refractivity contribution in [3.63, 3.8) is 0 Å². The molecule has 1 unspecified atom stereocenters. The topological polar surface area (TPSA) is 90.3 Å². The van der Waals surface area contributed by atoms with E-state index < -0.39 is 17.4 Å². The number of phenols is 1. The van der Waals surface area contributed by atoms with Crippen molar-refractivity contribution in [3.05, 3.63) is 71.0 Å². The molecule has 3 heterocycles. The van der Waals surface area contributed by atoms with Gasteiger partial charge in [0.1, 0.15) is 34.6 Å². The molecule has 2 N–H and O–H groups in total. The van der Waals surface area contributed by atoms with Gasteiger partial charge in [0.15, 0.2) is 5.82 Å². The molecule has 2 aromatic heterocycles. The van der Waals surface area contributed by atoms with Crippen molar-refractivity contribution < 1.29 is 13.9 Å². The van der Waals surface area contributed by atoms with E-state index in [9.17, 15) is 9.50 Å². The Bertz CT molecular complexity index is 1420. The summed E-state index contributed by atoms with van der Waals surface area (Å²) in [6, 6.07) is 7.28. The number of anilines is 1. The number of piperazine rings is 1. The zero-order valence-corrected chi connectivity index (χ0v) is 21.2. The molecular weight excluding hydrogens is 500 g/mol. The number of benzene rings is 2. The Morgan fingerprint density at radius 3 is 2.59 bits per heavy atom. The molecule has 1 fully saturated rings. The smallest absolute Gasteiger partial charge is 0.159 e. The van der Waals surface area contributed by atoms with Gasteiger partial charge in [-0.25, -0.2) is 28.7 Å². The number of fused-ring (bicyclic) bond motifs is 1. The van der Waals surface area contributed by atoms with E-state index in [2.05, 4.69) is 32.1 Å². The molecule has 8 nitrogen and oxygen atoms in total. The van der Waals surface area contributed by atoms with Crippen molar-refractivity contribution in [2.24, 2.45) is 0 Å². The van der Waals surface area contributed by atoms with Crippen LogP contribution in [-0.4, -0.2) is 62.7 Å². The minimum Gasteiger partial charge on any atom is -0.507 e. The van der Waals surface area contributed by atoms with Gasteiger partial charge in [0.2, 0.25) is 0 Å².